The largest absolute Gasteiger partial charge is 0.462 e. The van der Waals surface area contributed by atoms with Crippen molar-refractivity contribution in [3.8, 4) is 5.75 Å². The highest BCUT2D eigenvalue weighted by Crippen LogP contribution is 2.33. The zero-order chi connectivity index (χ0) is 70.9. The summed E-state index contributed by atoms with van der Waals surface area (Å²) in [4.78, 5) is 109. The highest BCUT2D eigenvalue weighted by molar-refractivity contribution is 5.98. The van der Waals surface area contributed by atoms with Crippen molar-refractivity contribution in [2.75, 3.05) is 46.1 Å². The number of benzene rings is 2. The van der Waals surface area contributed by atoms with Gasteiger partial charge in [-0.1, -0.05) is 63.2 Å². The van der Waals surface area contributed by atoms with E-state index in [1.807, 2.05) is 0 Å². The van der Waals surface area contributed by atoms with Crippen LogP contribution in [0.3, 0.4) is 0 Å². The maximum absolute atomic E-state index is 15.2. The van der Waals surface area contributed by atoms with Crippen LogP contribution in [0.4, 0.5) is 0 Å². The second kappa shape index (κ2) is 33.3. The number of aliphatic hydroxyl groups excluding tert-OH is 13. The van der Waals surface area contributed by atoms with E-state index in [1.165, 1.54) is 24.3 Å². The molecule has 0 radical (unpaired) electrons. The Hall–Kier alpha value is -7.61. The predicted octanol–water partition coefficient (Wildman–Crippen LogP) is -12.0. The fourth-order valence-corrected chi connectivity index (χ4v) is 11.8. The summed E-state index contributed by atoms with van der Waals surface area (Å²) < 4.78 is 34.4. The van der Waals surface area contributed by atoms with E-state index in [9.17, 15) is 90.4 Å². The van der Waals surface area contributed by atoms with Crippen molar-refractivity contribution in [3.05, 3.63) is 65.7 Å². The van der Waals surface area contributed by atoms with Crippen molar-refractivity contribution in [2.45, 2.75) is 186 Å². The lowest BCUT2D eigenvalue weighted by Gasteiger charge is -2.46. The lowest BCUT2D eigenvalue weighted by Crippen LogP contribution is -2.70. The summed E-state index contributed by atoms with van der Waals surface area (Å²) in [6, 6.07) is 0.640. The zero-order valence-corrected chi connectivity index (χ0v) is 52.7. The van der Waals surface area contributed by atoms with Crippen molar-refractivity contribution in [2.24, 2.45) is 27.4 Å². The highest BCUT2D eigenvalue weighted by Gasteiger charge is 2.55. The molecule has 0 aromatic heterocycles. The molecule has 6 amide bonds. The molecule has 38 heteroatoms. The first-order valence-corrected chi connectivity index (χ1v) is 31.2. The van der Waals surface area contributed by atoms with Gasteiger partial charge < -0.3 is 148 Å². The SMILES string of the molecule is CC(C)CC(=O)O[C@@H]1[C@@H](O[C@H]2[C@H](O)[C@H](O)[C@@H](Oc3ccc(C[C@H]4NC(=O)[C@H]([C@@H](C)c5ccccc5)NC(=O)CNC(=O)[C@H](CO)NC(=O)[C@@H]([C@@H](O)[C@@H]5CN=C(N)N5[C@H]5O[C@H](CO)[C@@H](O)[C@H](O)[C@@H]5O)NC(=O)[C@H]([C@@H](O)[C@@H]5CNC(N)=N5)NC4=O)cc3)O[C@@H]2CO)O[C@H](CO)[C@@H](O)[C@@H]1O. The number of hydrogen-bond donors (Lipinski definition) is 22. The number of hydrogen-bond acceptors (Lipinski definition) is 32. The van der Waals surface area contributed by atoms with Crippen LogP contribution in [0.15, 0.2) is 64.6 Å². The van der Waals surface area contributed by atoms with Crippen LogP contribution in [-0.4, -0.2) is 317 Å². The topological polar surface area (TPSA) is 602 Å². The molecule has 2 aromatic rings. The fraction of sp³-hybridized carbons (Fsp3) is 0.644. The Morgan fingerprint density at radius 1 is 0.619 bits per heavy atom. The Balaban J connectivity index is 1.10. The Kier molecular flexibility index (Phi) is 25.8. The number of nitrogens with two attached hydrogens (primary N) is 2. The molecule has 25 atom stereocenters. The van der Waals surface area contributed by atoms with Gasteiger partial charge in [0.05, 0.1) is 51.6 Å². The number of aliphatic hydroxyl groups is 13. The first-order valence-electron chi connectivity index (χ1n) is 31.2. The average molecular weight is 1380 g/mol. The quantitative estimate of drug-likeness (QED) is 0.0547. The summed E-state index contributed by atoms with van der Waals surface area (Å²) in [7, 11) is 0. The molecule has 0 aliphatic carbocycles. The van der Waals surface area contributed by atoms with Crippen molar-refractivity contribution >= 4 is 53.3 Å². The third-order valence-electron chi connectivity index (χ3n) is 17.3. The summed E-state index contributed by atoms with van der Waals surface area (Å²) in [5.74, 6) is -10.1. The summed E-state index contributed by atoms with van der Waals surface area (Å²) in [5, 5.41) is 159. The number of nitrogens with one attached hydrogen (secondary N) is 7. The van der Waals surface area contributed by atoms with Gasteiger partial charge in [-0.2, -0.15) is 0 Å². The van der Waals surface area contributed by atoms with Gasteiger partial charge in [-0.05, 0) is 29.2 Å². The summed E-state index contributed by atoms with van der Waals surface area (Å²) in [5.41, 5.74) is 12.8. The molecule has 0 spiro atoms. The number of ether oxygens (including phenoxy) is 6. The molecular weight excluding hydrogens is 1290 g/mol. The Morgan fingerprint density at radius 3 is 1.84 bits per heavy atom. The predicted molar refractivity (Wildman–Crippen MR) is 326 cm³/mol. The second-order valence-electron chi connectivity index (χ2n) is 24.6. The van der Waals surface area contributed by atoms with Crippen molar-refractivity contribution in [1.82, 2.24) is 42.1 Å². The molecule has 6 heterocycles. The maximum Gasteiger partial charge on any atom is 0.306 e. The van der Waals surface area contributed by atoms with E-state index in [2.05, 4.69) is 47.2 Å². The van der Waals surface area contributed by atoms with Crippen LogP contribution in [0.1, 0.15) is 44.2 Å². The minimum absolute atomic E-state index is 0.0874. The van der Waals surface area contributed by atoms with Crippen LogP contribution in [0, 0.1) is 5.92 Å². The first kappa shape index (κ1) is 75.2. The normalized spacial score (nSPS) is 35.9. The Morgan fingerprint density at radius 2 is 1.21 bits per heavy atom. The zero-order valence-electron chi connectivity index (χ0n) is 52.7. The number of nitrogens with zero attached hydrogens (tertiary/aromatic N) is 3. The van der Waals surface area contributed by atoms with Crippen LogP contribution >= 0.6 is 0 Å². The molecule has 0 saturated carbocycles. The highest BCUT2D eigenvalue weighted by atomic mass is 16.7. The van der Waals surface area contributed by atoms with E-state index >= 15 is 9.59 Å². The van der Waals surface area contributed by atoms with Crippen molar-refractivity contribution in [1.29, 1.82) is 0 Å². The third-order valence-corrected chi connectivity index (χ3v) is 17.3. The third kappa shape index (κ3) is 17.6. The van der Waals surface area contributed by atoms with Gasteiger partial charge in [0.2, 0.25) is 41.7 Å². The number of esters is 1. The van der Waals surface area contributed by atoms with Crippen LogP contribution in [0.5, 0.6) is 5.75 Å². The van der Waals surface area contributed by atoms with Gasteiger partial charge in [-0.15, -0.1) is 0 Å². The van der Waals surface area contributed by atoms with Crippen LogP contribution in [0.2, 0.25) is 0 Å². The monoisotopic (exact) mass is 1380 g/mol. The molecule has 4 saturated heterocycles. The maximum atomic E-state index is 15.2. The number of rotatable bonds is 20. The molecule has 97 heavy (non-hydrogen) atoms. The fourth-order valence-electron chi connectivity index (χ4n) is 11.8. The molecule has 538 valence electrons. The van der Waals surface area contributed by atoms with Crippen LogP contribution in [-0.2, 0) is 63.7 Å². The number of carbonyl (C=O) groups excluding carboxylic acids is 7. The van der Waals surface area contributed by atoms with Gasteiger partial charge in [0.1, 0.15) is 115 Å². The van der Waals surface area contributed by atoms with Gasteiger partial charge in [0.25, 0.3) is 0 Å². The van der Waals surface area contributed by atoms with E-state index in [1.54, 1.807) is 51.1 Å². The second-order valence-corrected chi connectivity index (χ2v) is 24.6. The standard InChI is InChI=1S/C59H86N12O26/c1-22(2)13-35(77)96-49-44(83)42(81)32(20-74)94-57(49)97-48-33(21-75)95-56(47(86)45(48)84)92-26-11-9-24(10-12-26)14-27-51(88)69-37(39(78)28-15-63-58(60)67-28)54(91)70-38(40(79)30-16-64-59(61)71(30)55-46(85)43(82)41(80)31(19-73)93-55)53(90)66-29(18-72)50(87)62-17-34(76)68-36(52(89)65-27)23(3)25-7-5-4-6-8-25/h4-12,22-23,27-33,36-49,55-57,72-75,78-86H,13-21H2,1-3H3,(H2,61,64)(H,62,87)(H,65,89)(H,66,90)(H,68,76)(H,69,88)(H,70,91)(H3,60,63,67)/t23-,27+,28-,29-,30-,31+,32+,33+,36-,37-,38+,39-,40-,41+,42+,43-,44-,45+,46-,47-,48+,49-,55-,56-,57+/m0/s1. The number of aliphatic imine (C=N–C) groups is 2. The minimum Gasteiger partial charge on any atom is -0.462 e. The van der Waals surface area contributed by atoms with Gasteiger partial charge in [-0.3, -0.25) is 38.6 Å². The number of carbonyl (C=O) groups is 7. The smallest absolute Gasteiger partial charge is 0.306 e. The van der Waals surface area contributed by atoms with Gasteiger partial charge >= 0.3 is 5.97 Å². The summed E-state index contributed by atoms with van der Waals surface area (Å²) in [6.45, 7) is -0.558. The van der Waals surface area contributed by atoms with Crippen LogP contribution < -0.4 is 53.4 Å². The van der Waals surface area contributed by atoms with Gasteiger partial charge in [0.15, 0.2) is 30.5 Å². The lowest BCUT2D eigenvalue weighted by molar-refractivity contribution is -0.353. The molecular formula is C59H86N12O26. The van der Waals surface area contributed by atoms with E-state index in [-0.39, 0.29) is 36.2 Å². The lowest BCUT2D eigenvalue weighted by atomic mass is 9.92. The molecule has 6 aliphatic heterocycles. The average Bonchev–Trinajstić information content (AvgIpc) is 1.73. The number of amides is 6. The minimum atomic E-state index is -2.36. The first-order chi connectivity index (χ1) is 46.1. The molecule has 0 bridgehead atoms. The summed E-state index contributed by atoms with van der Waals surface area (Å²) in [6.07, 6.45) is -32.0. The van der Waals surface area contributed by atoms with Crippen LogP contribution in [0.25, 0.3) is 0 Å². The van der Waals surface area contributed by atoms with Gasteiger partial charge in [0, 0.05) is 25.3 Å². The Labute approximate surface area is 553 Å². The molecule has 0 unspecified atom stereocenters. The molecule has 8 rings (SSSR count). The summed E-state index contributed by atoms with van der Waals surface area (Å²) >= 11 is 0. The van der Waals surface area contributed by atoms with E-state index in [0.29, 0.717) is 5.56 Å². The van der Waals surface area contributed by atoms with Crippen molar-refractivity contribution < 1.29 is 128 Å². The van der Waals surface area contributed by atoms with E-state index < -0.39 is 246 Å². The van der Waals surface area contributed by atoms with Gasteiger partial charge in [-0.25, -0.2) is 4.99 Å². The Bertz CT molecular complexity index is 3100. The molecule has 6 aliphatic rings. The van der Waals surface area contributed by atoms with E-state index in [0.717, 1.165) is 4.90 Å². The molecule has 24 N–H and O–H groups in total. The molecule has 2 aromatic carbocycles. The molecule has 38 nitrogen and oxygen atoms in total. The van der Waals surface area contributed by atoms with E-state index in [4.69, 9.17) is 39.9 Å². The number of guanidine groups is 2. The van der Waals surface area contributed by atoms with Crippen molar-refractivity contribution in [3.63, 3.8) is 0 Å². The molecule has 4 fully saturated rings.